The first-order chi connectivity index (χ1) is 12.0. The van der Waals surface area contributed by atoms with E-state index >= 15 is 0 Å². The highest BCUT2D eigenvalue weighted by Gasteiger charge is 2.27. The minimum absolute atomic E-state index is 0.134. The first kappa shape index (κ1) is 18.5. The van der Waals surface area contributed by atoms with Crippen LogP contribution in [0.1, 0.15) is 20.3 Å². The Morgan fingerprint density at radius 1 is 0.960 bits per heavy atom. The van der Waals surface area contributed by atoms with Gasteiger partial charge in [0, 0.05) is 5.69 Å². The van der Waals surface area contributed by atoms with E-state index < -0.39 is 17.7 Å². The van der Waals surface area contributed by atoms with Crippen molar-refractivity contribution in [2.24, 2.45) is 11.8 Å². The van der Waals surface area contributed by atoms with Gasteiger partial charge in [-0.05, 0) is 48.7 Å². The number of carbonyl (C=O) groups is 2. The van der Waals surface area contributed by atoms with Crippen molar-refractivity contribution in [2.75, 3.05) is 5.32 Å². The molecule has 2 rings (SSSR count). The average molecular weight is 342 g/mol. The third kappa shape index (κ3) is 5.61. The molecule has 0 bridgehead atoms. The molecule has 0 spiro atoms. The molecule has 1 unspecified atom stereocenters. The molecule has 0 aliphatic heterocycles. The molecule has 0 aromatic heterocycles. The summed E-state index contributed by atoms with van der Waals surface area (Å²) in [6, 6.07) is 16.2. The maximum absolute atomic E-state index is 12.3. The van der Waals surface area contributed by atoms with Crippen LogP contribution in [0.4, 0.5) is 5.69 Å². The number of amides is 2. The SMILES string of the molecule is CC(C)CC(C(=O)NO)C(=O)Nc1ccc(Oc2ccccc2)cc1. The molecule has 0 saturated carbocycles. The fourth-order valence-electron chi connectivity index (χ4n) is 2.34. The van der Waals surface area contributed by atoms with E-state index in [-0.39, 0.29) is 5.92 Å². The second kappa shape index (κ2) is 8.84. The quantitative estimate of drug-likeness (QED) is 0.408. The van der Waals surface area contributed by atoms with Crippen LogP contribution in [-0.2, 0) is 9.59 Å². The van der Waals surface area contributed by atoms with Crippen molar-refractivity contribution < 1.29 is 19.5 Å². The van der Waals surface area contributed by atoms with Crippen LogP contribution in [0.25, 0.3) is 0 Å². The molecule has 132 valence electrons. The molecule has 3 N–H and O–H groups in total. The monoisotopic (exact) mass is 342 g/mol. The van der Waals surface area contributed by atoms with Crippen LogP contribution in [0.3, 0.4) is 0 Å². The van der Waals surface area contributed by atoms with E-state index in [0.717, 1.165) is 5.75 Å². The van der Waals surface area contributed by atoms with Gasteiger partial charge in [0.25, 0.3) is 5.91 Å². The van der Waals surface area contributed by atoms with E-state index in [1.165, 1.54) is 0 Å². The Morgan fingerprint density at radius 2 is 1.56 bits per heavy atom. The second-order valence-corrected chi connectivity index (χ2v) is 6.09. The molecule has 0 heterocycles. The van der Waals surface area contributed by atoms with Crippen LogP contribution in [0.2, 0.25) is 0 Å². The Bertz CT molecular complexity index is 699. The third-order valence-electron chi connectivity index (χ3n) is 3.55. The van der Waals surface area contributed by atoms with Gasteiger partial charge in [-0.1, -0.05) is 32.0 Å². The standard InChI is InChI=1S/C19H22N2O4/c1-13(2)12-17(19(23)21-24)18(22)20-14-8-10-16(11-9-14)25-15-6-4-3-5-7-15/h3-11,13,17,24H,12H2,1-2H3,(H,20,22)(H,21,23). The molecular weight excluding hydrogens is 320 g/mol. The number of hydroxylamine groups is 1. The lowest BCUT2D eigenvalue weighted by Gasteiger charge is -2.17. The van der Waals surface area contributed by atoms with Crippen molar-refractivity contribution in [2.45, 2.75) is 20.3 Å². The zero-order valence-corrected chi connectivity index (χ0v) is 14.2. The zero-order chi connectivity index (χ0) is 18.2. The third-order valence-corrected chi connectivity index (χ3v) is 3.55. The largest absolute Gasteiger partial charge is 0.457 e. The number of anilines is 1. The van der Waals surface area contributed by atoms with E-state index in [9.17, 15) is 9.59 Å². The van der Waals surface area contributed by atoms with Gasteiger partial charge >= 0.3 is 0 Å². The van der Waals surface area contributed by atoms with Gasteiger partial charge < -0.3 is 10.1 Å². The molecule has 1 atom stereocenters. The van der Waals surface area contributed by atoms with Gasteiger partial charge in [0.2, 0.25) is 5.91 Å². The molecule has 0 fully saturated rings. The topological polar surface area (TPSA) is 87.7 Å². The van der Waals surface area contributed by atoms with Gasteiger partial charge in [0.15, 0.2) is 0 Å². The van der Waals surface area contributed by atoms with Crippen molar-refractivity contribution in [1.82, 2.24) is 5.48 Å². The molecule has 2 amide bonds. The van der Waals surface area contributed by atoms with E-state index in [1.807, 2.05) is 44.2 Å². The number of nitrogens with one attached hydrogen (secondary N) is 2. The summed E-state index contributed by atoms with van der Waals surface area (Å²) in [7, 11) is 0. The van der Waals surface area contributed by atoms with Crippen molar-refractivity contribution in [1.29, 1.82) is 0 Å². The van der Waals surface area contributed by atoms with Crippen molar-refractivity contribution in [3.8, 4) is 11.5 Å². The summed E-state index contributed by atoms with van der Waals surface area (Å²) in [5.41, 5.74) is 2.10. The summed E-state index contributed by atoms with van der Waals surface area (Å²) in [5.74, 6) is -0.640. The Kier molecular flexibility index (Phi) is 6.54. The molecule has 25 heavy (non-hydrogen) atoms. The van der Waals surface area contributed by atoms with Gasteiger partial charge in [-0.3, -0.25) is 14.8 Å². The maximum Gasteiger partial charge on any atom is 0.255 e. The molecule has 6 nitrogen and oxygen atoms in total. The van der Waals surface area contributed by atoms with E-state index in [2.05, 4.69) is 5.32 Å². The molecule has 0 saturated heterocycles. The molecule has 6 heteroatoms. The Hall–Kier alpha value is -2.86. The molecule has 0 radical (unpaired) electrons. The smallest absolute Gasteiger partial charge is 0.255 e. The number of ether oxygens (including phenoxy) is 1. The van der Waals surface area contributed by atoms with Gasteiger partial charge in [0.1, 0.15) is 17.4 Å². The normalized spacial score (nSPS) is 11.7. The van der Waals surface area contributed by atoms with E-state index in [0.29, 0.717) is 17.9 Å². The lowest BCUT2D eigenvalue weighted by atomic mass is 9.95. The first-order valence-corrected chi connectivity index (χ1v) is 8.07. The van der Waals surface area contributed by atoms with Gasteiger partial charge in [-0.15, -0.1) is 0 Å². The molecule has 0 aliphatic rings. The number of rotatable bonds is 7. The highest BCUT2D eigenvalue weighted by molar-refractivity contribution is 6.06. The lowest BCUT2D eigenvalue weighted by Crippen LogP contribution is -2.37. The number of hydrogen-bond acceptors (Lipinski definition) is 4. The highest BCUT2D eigenvalue weighted by Crippen LogP contribution is 2.23. The average Bonchev–Trinajstić information content (AvgIpc) is 2.61. The summed E-state index contributed by atoms with van der Waals surface area (Å²) in [6.45, 7) is 3.81. The number of carbonyl (C=O) groups excluding carboxylic acids is 2. The predicted octanol–water partition coefficient (Wildman–Crippen LogP) is 3.59. The van der Waals surface area contributed by atoms with Gasteiger partial charge in [-0.2, -0.15) is 0 Å². The maximum atomic E-state index is 12.3. The summed E-state index contributed by atoms with van der Waals surface area (Å²) in [6.07, 6.45) is 0.341. The minimum Gasteiger partial charge on any atom is -0.457 e. The number of hydrogen-bond donors (Lipinski definition) is 3. The summed E-state index contributed by atoms with van der Waals surface area (Å²) >= 11 is 0. The molecule has 0 aliphatic carbocycles. The van der Waals surface area contributed by atoms with Crippen molar-refractivity contribution in [3.05, 3.63) is 54.6 Å². The van der Waals surface area contributed by atoms with E-state index in [1.54, 1.807) is 29.7 Å². The number of benzene rings is 2. The highest BCUT2D eigenvalue weighted by atomic mass is 16.5. The minimum atomic E-state index is -0.953. The Morgan fingerprint density at radius 3 is 2.12 bits per heavy atom. The molecule has 2 aromatic rings. The Labute approximate surface area is 146 Å². The van der Waals surface area contributed by atoms with Crippen LogP contribution in [0.5, 0.6) is 11.5 Å². The van der Waals surface area contributed by atoms with Gasteiger partial charge in [0.05, 0.1) is 0 Å². The van der Waals surface area contributed by atoms with Crippen molar-refractivity contribution in [3.63, 3.8) is 0 Å². The fraction of sp³-hybridized carbons (Fsp3) is 0.263. The second-order valence-electron chi connectivity index (χ2n) is 6.09. The zero-order valence-electron chi connectivity index (χ0n) is 14.2. The fourth-order valence-corrected chi connectivity index (χ4v) is 2.34. The van der Waals surface area contributed by atoms with Crippen LogP contribution >= 0.6 is 0 Å². The summed E-state index contributed by atoms with van der Waals surface area (Å²) in [4.78, 5) is 24.0. The van der Waals surface area contributed by atoms with Crippen LogP contribution in [0.15, 0.2) is 54.6 Å². The number of para-hydroxylation sites is 1. The molecule has 2 aromatic carbocycles. The van der Waals surface area contributed by atoms with Crippen LogP contribution in [-0.4, -0.2) is 17.0 Å². The lowest BCUT2D eigenvalue weighted by molar-refractivity contribution is -0.139. The molecular formula is C19H22N2O4. The van der Waals surface area contributed by atoms with Gasteiger partial charge in [-0.25, -0.2) is 5.48 Å². The van der Waals surface area contributed by atoms with Crippen LogP contribution < -0.4 is 15.5 Å². The first-order valence-electron chi connectivity index (χ1n) is 8.07. The van der Waals surface area contributed by atoms with Crippen LogP contribution in [0, 0.1) is 11.8 Å². The Balaban J connectivity index is 2.01. The summed E-state index contributed by atoms with van der Waals surface area (Å²) < 4.78 is 5.68. The van der Waals surface area contributed by atoms with E-state index in [4.69, 9.17) is 9.94 Å². The summed E-state index contributed by atoms with van der Waals surface area (Å²) in [5, 5.41) is 11.5. The van der Waals surface area contributed by atoms with Crippen molar-refractivity contribution >= 4 is 17.5 Å². The predicted molar refractivity (Wildman–Crippen MR) is 94.5 cm³/mol.